The zero-order valence-electron chi connectivity index (χ0n) is 9.54. The standard InChI is InChI=1S/C13H12BrNOS2/c14-9-3-1-8(2-4-9)11-7-12(16)15(10-5-6-10)13(17)18-11/h1-4,7,10,12,16H,5-6H2. The second-order valence-corrected chi connectivity index (χ2v) is 7.05. The minimum atomic E-state index is -0.579. The number of aliphatic hydroxyl groups excluding tert-OH is 1. The van der Waals surface area contributed by atoms with Gasteiger partial charge in [0.25, 0.3) is 0 Å². The highest BCUT2D eigenvalue weighted by molar-refractivity contribution is 9.10. The highest BCUT2D eigenvalue weighted by atomic mass is 79.9. The summed E-state index contributed by atoms with van der Waals surface area (Å²) in [5, 5.41) is 10.2. The maximum Gasteiger partial charge on any atom is 0.148 e. The summed E-state index contributed by atoms with van der Waals surface area (Å²) >= 11 is 10.4. The molecule has 1 unspecified atom stereocenters. The molecule has 1 aliphatic heterocycles. The molecule has 0 radical (unpaired) electrons. The number of aliphatic hydroxyl groups is 1. The molecule has 1 aromatic carbocycles. The first-order chi connectivity index (χ1) is 8.65. The van der Waals surface area contributed by atoms with Crippen molar-refractivity contribution >= 4 is 49.1 Å². The Morgan fingerprint density at radius 1 is 1.28 bits per heavy atom. The number of thioether (sulfide) groups is 1. The minimum absolute atomic E-state index is 0.447. The molecule has 0 saturated heterocycles. The zero-order valence-corrected chi connectivity index (χ0v) is 12.8. The number of hydrogen-bond donors (Lipinski definition) is 1. The molecule has 1 atom stereocenters. The molecule has 0 amide bonds. The van der Waals surface area contributed by atoms with Gasteiger partial charge in [0, 0.05) is 15.4 Å². The zero-order chi connectivity index (χ0) is 12.7. The van der Waals surface area contributed by atoms with Gasteiger partial charge in [-0.1, -0.05) is 52.0 Å². The van der Waals surface area contributed by atoms with Crippen LogP contribution in [0.1, 0.15) is 18.4 Å². The second-order valence-electron chi connectivity index (χ2n) is 4.46. The molecule has 2 aliphatic rings. The Labute approximate surface area is 124 Å². The first kappa shape index (κ1) is 12.7. The lowest BCUT2D eigenvalue weighted by Gasteiger charge is -2.32. The Kier molecular flexibility index (Phi) is 3.49. The topological polar surface area (TPSA) is 23.5 Å². The summed E-state index contributed by atoms with van der Waals surface area (Å²) in [5.74, 6) is 0. The Balaban J connectivity index is 1.87. The van der Waals surface area contributed by atoms with E-state index >= 15 is 0 Å². The number of hydrogen-bond acceptors (Lipinski definition) is 3. The van der Waals surface area contributed by atoms with E-state index in [0.717, 1.165) is 32.1 Å². The van der Waals surface area contributed by atoms with Crippen molar-refractivity contribution < 1.29 is 5.11 Å². The molecule has 1 aromatic rings. The average molecular weight is 342 g/mol. The Morgan fingerprint density at radius 2 is 1.94 bits per heavy atom. The first-order valence-corrected chi connectivity index (χ1v) is 7.83. The number of thiocarbonyl (C=S) groups is 1. The predicted octanol–water partition coefficient (Wildman–Crippen LogP) is 3.60. The van der Waals surface area contributed by atoms with Crippen molar-refractivity contribution in [2.24, 2.45) is 0 Å². The molecule has 1 saturated carbocycles. The van der Waals surface area contributed by atoms with E-state index in [1.54, 1.807) is 11.8 Å². The molecular formula is C13H12BrNOS2. The number of nitrogens with zero attached hydrogens (tertiary/aromatic N) is 1. The second kappa shape index (κ2) is 4.96. The molecule has 18 heavy (non-hydrogen) atoms. The van der Waals surface area contributed by atoms with E-state index in [4.69, 9.17) is 12.2 Å². The van der Waals surface area contributed by atoms with Crippen molar-refractivity contribution in [3.05, 3.63) is 40.4 Å². The lowest BCUT2D eigenvalue weighted by Crippen LogP contribution is -2.40. The van der Waals surface area contributed by atoms with Gasteiger partial charge in [-0.3, -0.25) is 0 Å². The third kappa shape index (κ3) is 2.50. The summed E-state index contributed by atoms with van der Waals surface area (Å²) in [6.45, 7) is 0. The van der Waals surface area contributed by atoms with Gasteiger partial charge in [0.15, 0.2) is 0 Å². The molecule has 3 rings (SSSR count). The van der Waals surface area contributed by atoms with Crippen molar-refractivity contribution in [2.75, 3.05) is 0 Å². The van der Waals surface area contributed by atoms with Gasteiger partial charge in [0.05, 0.1) is 0 Å². The van der Waals surface area contributed by atoms with Crippen LogP contribution in [0, 0.1) is 0 Å². The van der Waals surface area contributed by atoms with Crippen LogP contribution < -0.4 is 0 Å². The highest BCUT2D eigenvalue weighted by Crippen LogP contribution is 2.40. The van der Waals surface area contributed by atoms with E-state index < -0.39 is 6.23 Å². The predicted molar refractivity (Wildman–Crippen MR) is 83.2 cm³/mol. The first-order valence-electron chi connectivity index (χ1n) is 5.81. The van der Waals surface area contributed by atoms with E-state index in [0.29, 0.717) is 6.04 Å². The van der Waals surface area contributed by atoms with Crippen molar-refractivity contribution in [1.29, 1.82) is 0 Å². The summed E-state index contributed by atoms with van der Waals surface area (Å²) in [6.07, 6.45) is 3.59. The van der Waals surface area contributed by atoms with Crippen molar-refractivity contribution in [2.45, 2.75) is 25.1 Å². The van der Waals surface area contributed by atoms with Crippen molar-refractivity contribution in [1.82, 2.24) is 4.90 Å². The van der Waals surface area contributed by atoms with Crippen LogP contribution in [0.25, 0.3) is 4.91 Å². The van der Waals surface area contributed by atoms with Crippen LogP contribution >= 0.6 is 39.9 Å². The molecule has 1 aliphatic carbocycles. The maximum absolute atomic E-state index is 10.2. The van der Waals surface area contributed by atoms with Crippen LogP contribution in [-0.2, 0) is 0 Å². The van der Waals surface area contributed by atoms with Gasteiger partial charge in [0.1, 0.15) is 10.5 Å². The maximum atomic E-state index is 10.2. The molecule has 5 heteroatoms. The molecule has 0 spiro atoms. The molecule has 0 bridgehead atoms. The van der Waals surface area contributed by atoms with Gasteiger partial charge in [-0.05, 0) is 36.6 Å². The number of halogens is 1. The van der Waals surface area contributed by atoms with Crippen LogP contribution in [0.3, 0.4) is 0 Å². The van der Waals surface area contributed by atoms with E-state index in [2.05, 4.69) is 15.9 Å². The third-order valence-corrected chi connectivity index (χ3v) is 5.03. The van der Waals surface area contributed by atoms with Crippen molar-refractivity contribution in [3.63, 3.8) is 0 Å². The van der Waals surface area contributed by atoms with E-state index in [1.807, 2.05) is 35.2 Å². The molecule has 1 heterocycles. The molecule has 1 N–H and O–H groups in total. The summed E-state index contributed by atoms with van der Waals surface area (Å²) in [6, 6.07) is 8.51. The van der Waals surface area contributed by atoms with Gasteiger partial charge < -0.3 is 10.0 Å². The molecule has 1 fully saturated rings. The SMILES string of the molecule is OC1C=C(c2ccc(Br)cc2)SC(=S)N1C1CC1. The Bertz CT molecular complexity index is 510. The van der Waals surface area contributed by atoms with Crippen LogP contribution in [-0.4, -0.2) is 26.6 Å². The number of rotatable bonds is 2. The third-order valence-electron chi connectivity index (χ3n) is 3.06. The monoisotopic (exact) mass is 341 g/mol. The van der Waals surface area contributed by atoms with Crippen LogP contribution in [0.15, 0.2) is 34.8 Å². The smallest absolute Gasteiger partial charge is 0.148 e. The quantitative estimate of drug-likeness (QED) is 0.830. The average Bonchev–Trinajstić information content (AvgIpc) is 3.13. The molecule has 2 nitrogen and oxygen atoms in total. The summed E-state index contributed by atoms with van der Waals surface area (Å²) in [5.41, 5.74) is 1.10. The van der Waals surface area contributed by atoms with Crippen LogP contribution in [0.2, 0.25) is 0 Å². The fourth-order valence-corrected chi connectivity index (χ4v) is 3.78. The molecule has 0 aromatic heterocycles. The van der Waals surface area contributed by atoms with Gasteiger partial charge in [0.2, 0.25) is 0 Å². The minimum Gasteiger partial charge on any atom is -0.370 e. The van der Waals surface area contributed by atoms with Gasteiger partial charge in [-0.2, -0.15) is 0 Å². The summed E-state index contributed by atoms with van der Waals surface area (Å²) in [7, 11) is 0. The van der Waals surface area contributed by atoms with E-state index in [1.165, 1.54) is 0 Å². The highest BCUT2D eigenvalue weighted by Gasteiger charge is 2.37. The van der Waals surface area contributed by atoms with Gasteiger partial charge in [-0.25, -0.2) is 0 Å². The lowest BCUT2D eigenvalue weighted by atomic mass is 10.2. The normalized spacial score (nSPS) is 24.1. The molecular weight excluding hydrogens is 330 g/mol. The van der Waals surface area contributed by atoms with E-state index in [9.17, 15) is 5.11 Å². The van der Waals surface area contributed by atoms with Crippen LogP contribution in [0.5, 0.6) is 0 Å². The summed E-state index contributed by atoms with van der Waals surface area (Å²) in [4.78, 5) is 2.99. The van der Waals surface area contributed by atoms with E-state index in [-0.39, 0.29) is 0 Å². The van der Waals surface area contributed by atoms with Gasteiger partial charge >= 0.3 is 0 Å². The Hall–Kier alpha value is -0.360. The Morgan fingerprint density at radius 3 is 2.50 bits per heavy atom. The summed E-state index contributed by atoms with van der Waals surface area (Å²) < 4.78 is 1.83. The molecule has 94 valence electrons. The fourth-order valence-electron chi connectivity index (χ4n) is 1.99. The largest absolute Gasteiger partial charge is 0.370 e. The van der Waals surface area contributed by atoms with Crippen molar-refractivity contribution in [3.8, 4) is 0 Å². The van der Waals surface area contributed by atoms with Crippen LogP contribution in [0.4, 0.5) is 0 Å². The fraction of sp³-hybridized carbons (Fsp3) is 0.308. The number of benzene rings is 1. The lowest BCUT2D eigenvalue weighted by molar-refractivity contribution is 0.0955. The van der Waals surface area contributed by atoms with Gasteiger partial charge in [-0.15, -0.1) is 0 Å².